The molecule has 3 rings (SSSR count). The molecular formula is C20H25N3O4S. The average Bonchev–Trinajstić information content (AvgIpc) is 3.23. The maximum Gasteiger partial charge on any atom is 0.338 e. The maximum absolute atomic E-state index is 13.3. The van der Waals surface area contributed by atoms with Crippen molar-refractivity contribution in [1.82, 2.24) is 14.5 Å². The lowest BCUT2D eigenvalue weighted by Crippen LogP contribution is -2.35. The number of hydrogen-bond acceptors (Lipinski definition) is 6. The molecule has 0 saturated carbocycles. The van der Waals surface area contributed by atoms with Gasteiger partial charge < -0.3 is 14.2 Å². The van der Waals surface area contributed by atoms with Crippen LogP contribution in [0.1, 0.15) is 71.2 Å². The van der Waals surface area contributed by atoms with Crippen molar-refractivity contribution in [3.8, 4) is 0 Å². The summed E-state index contributed by atoms with van der Waals surface area (Å²) < 4.78 is 6.63. The fourth-order valence-electron chi connectivity index (χ4n) is 3.23. The van der Waals surface area contributed by atoms with Crippen LogP contribution in [0.5, 0.6) is 0 Å². The molecule has 1 atom stereocenters. The Morgan fingerprint density at radius 2 is 2.00 bits per heavy atom. The van der Waals surface area contributed by atoms with Crippen molar-refractivity contribution >= 4 is 23.2 Å². The summed E-state index contributed by atoms with van der Waals surface area (Å²) in [5, 5.41) is 2.87. The number of thiazole rings is 1. The molecule has 1 saturated heterocycles. The first-order chi connectivity index (χ1) is 13.1. The standard InChI is InChI=1S/C20H25N3O4S/c1-12-11-28-17(21-12)14-7-6-8-23(14)18(25)15-9-13(10-16(24)22(15)5)19(26)27-20(2,3)4/h9-11,14H,6-8H2,1-5H3/t14-/m1/s1. The van der Waals surface area contributed by atoms with Gasteiger partial charge in [0.2, 0.25) is 0 Å². The summed E-state index contributed by atoms with van der Waals surface area (Å²) in [7, 11) is 1.53. The van der Waals surface area contributed by atoms with Crippen LogP contribution in [0.3, 0.4) is 0 Å². The number of carbonyl (C=O) groups excluding carboxylic acids is 2. The first kappa shape index (κ1) is 20.3. The Hall–Kier alpha value is -2.48. The van der Waals surface area contributed by atoms with Gasteiger partial charge in [0, 0.05) is 30.7 Å². The van der Waals surface area contributed by atoms with Gasteiger partial charge in [-0.25, -0.2) is 9.78 Å². The zero-order valence-electron chi connectivity index (χ0n) is 16.8. The number of likely N-dealkylation sites (tertiary alicyclic amines) is 1. The first-order valence-electron chi connectivity index (χ1n) is 9.24. The van der Waals surface area contributed by atoms with Gasteiger partial charge in [0.05, 0.1) is 11.6 Å². The number of nitrogens with zero attached hydrogens (tertiary/aromatic N) is 3. The Morgan fingerprint density at radius 1 is 1.29 bits per heavy atom. The number of aryl methyl sites for hydroxylation is 1. The molecule has 0 bridgehead atoms. The number of amides is 1. The van der Waals surface area contributed by atoms with Gasteiger partial charge >= 0.3 is 5.97 Å². The molecule has 0 radical (unpaired) electrons. The van der Waals surface area contributed by atoms with Crippen molar-refractivity contribution in [1.29, 1.82) is 0 Å². The van der Waals surface area contributed by atoms with Crippen LogP contribution in [-0.2, 0) is 11.8 Å². The largest absolute Gasteiger partial charge is 0.456 e. The SMILES string of the molecule is Cc1csc([C@H]2CCCN2C(=O)c2cc(C(=O)OC(C)(C)C)cc(=O)n2C)n1. The monoisotopic (exact) mass is 403 g/mol. The molecule has 0 N–H and O–H groups in total. The summed E-state index contributed by atoms with van der Waals surface area (Å²) in [6.45, 7) is 7.77. The van der Waals surface area contributed by atoms with Crippen LogP contribution in [0.2, 0.25) is 0 Å². The van der Waals surface area contributed by atoms with Crippen molar-refractivity contribution in [3.63, 3.8) is 0 Å². The Kier molecular flexibility index (Phi) is 5.43. The predicted molar refractivity (Wildman–Crippen MR) is 107 cm³/mol. The highest BCUT2D eigenvalue weighted by Crippen LogP contribution is 2.34. The van der Waals surface area contributed by atoms with Crippen LogP contribution < -0.4 is 5.56 Å². The van der Waals surface area contributed by atoms with Crippen LogP contribution in [0, 0.1) is 6.92 Å². The molecule has 2 aromatic heterocycles. The molecule has 1 aliphatic heterocycles. The van der Waals surface area contributed by atoms with Gasteiger partial charge in [0.25, 0.3) is 11.5 Å². The molecule has 8 heteroatoms. The number of ether oxygens (including phenoxy) is 1. The molecule has 0 aromatic carbocycles. The van der Waals surface area contributed by atoms with Crippen LogP contribution in [0.4, 0.5) is 0 Å². The third-order valence-electron chi connectivity index (χ3n) is 4.55. The minimum atomic E-state index is -0.689. The molecule has 0 aliphatic carbocycles. The molecule has 0 unspecified atom stereocenters. The molecule has 28 heavy (non-hydrogen) atoms. The smallest absolute Gasteiger partial charge is 0.338 e. The van der Waals surface area contributed by atoms with Crippen molar-refractivity contribution in [2.75, 3.05) is 6.54 Å². The molecule has 1 amide bonds. The van der Waals surface area contributed by atoms with Gasteiger partial charge in [-0.05, 0) is 46.6 Å². The highest BCUT2D eigenvalue weighted by Gasteiger charge is 2.34. The lowest BCUT2D eigenvalue weighted by atomic mass is 10.1. The van der Waals surface area contributed by atoms with Gasteiger partial charge in [-0.2, -0.15) is 0 Å². The number of hydrogen-bond donors (Lipinski definition) is 0. The number of rotatable bonds is 3. The van der Waals surface area contributed by atoms with E-state index in [1.807, 2.05) is 12.3 Å². The van der Waals surface area contributed by atoms with Gasteiger partial charge in [0.1, 0.15) is 16.3 Å². The van der Waals surface area contributed by atoms with E-state index in [0.29, 0.717) is 6.54 Å². The van der Waals surface area contributed by atoms with Crippen LogP contribution in [0.25, 0.3) is 0 Å². The minimum absolute atomic E-state index is 0.0854. The Labute approximate surface area is 168 Å². The molecule has 1 aliphatic rings. The summed E-state index contributed by atoms with van der Waals surface area (Å²) in [4.78, 5) is 44.3. The van der Waals surface area contributed by atoms with E-state index in [1.54, 1.807) is 25.7 Å². The van der Waals surface area contributed by atoms with Gasteiger partial charge in [0.15, 0.2) is 0 Å². The van der Waals surface area contributed by atoms with E-state index < -0.39 is 17.1 Å². The second kappa shape index (κ2) is 7.50. The summed E-state index contributed by atoms with van der Waals surface area (Å²) >= 11 is 1.54. The molecule has 1 fully saturated rings. The number of pyridine rings is 1. The number of esters is 1. The Bertz CT molecular complexity index is 971. The molecule has 150 valence electrons. The second-order valence-electron chi connectivity index (χ2n) is 8.01. The van der Waals surface area contributed by atoms with E-state index in [4.69, 9.17) is 4.74 Å². The quantitative estimate of drug-likeness (QED) is 0.736. The molecule has 2 aromatic rings. The zero-order valence-corrected chi connectivity index (χ0v) is 17.6. The van der Waals surface area contributed by atoms with Crippen molar-refractivity contribution in [3.05, 3.63) is 49.8 Å². The first-order valence-corrected chi connectivity index (χ1v) is 10.1. The molecule has 0 spiro atoms. The Balaban J connectivity index is 1.94. The van der Waals surface area contributed by atoms with Crippen molar-refractivity contribution in [2.45, 2.75) is 52.2 Å². The summed E-state index contributed by atoms with van der Waals surface area (Å²) in [6.07, 6.45) is 1.70. The number of aromatic nitrogens is 2. The van der Waals surface area contributed by atoms with E-state index in [9.17, 15) is 14.4 Å². The van der Waals surface area contributed by atoms with Gasteiger partial charge in [-0.1, -0.05) is 0 Å². The number of carbonyl (C=O) groups is 2. The normalized spacial score (nSPS) is 17.0. The van der Waals surface area contributed by atoms with Crippen molar-refractivity contribution in [2.24, 2.45) is 7.05 Å². The fourth-order valence-corrected chi connectivity index (χ4v) is 4.18. The van der Waals surface area contributed by atoms with E-state index in [2.05, 4.69) is 4.98 Å². The van der Waals surface area contributed by atoms with Crippen LogP contribution in [-0.4, -0.2) is 38.5 Å². The highest BCUT2D eigenvalue weighted by molar-refractivity contribution is 7.09. The summed E-state index contributed by atoms with van der Waals surface area (Å²) in [5.41, 5.74) is 0.0763. The topological polar surface area (TPSA) is 81.5 Å². The third kappa shape index (κ3) is 4.16. The summed E-state index contributed by atoms with van der Waals surface area (Å²) in [6, 6.07) is 2.54. The zero-order chi connectivity index (χ0) is 20.6. The predicted octanol–water partition coefficient (Wildman–Crippen LogP) is 3.08. The lowest BCUT2D eigenvalue weighted by molar-refractivity contribution is 0.00691. The van der Waals surface area contributed by atoms with Gasteiger partial charge in [-0.3, -0.25) is 9.59 Å². The highest BCUT2D eigenvalue weighted by atomic mass is 32.1. The summed E-state index contributed by atoms with van der Waals surface area (Å²) in [5.74, 6) is -0.895. The Morgan fingerprint density at radius 3 is 2.61 bits per heavy atom. The lowest BCUT2D eigenvalue weighted by Gasteiger charge is -2.24. The molecule has 3 heterocycles. The van der Waals surface area contributed by atoms with E-state index in [1.165, 1.54) is 35.1 Å². The van der Waals surface area contributed by atoms with E-state index in [-0.39, 0.29) is 23.2 Å². The maximum atomic E-state index is 13.3. The second-order valence-corrected chi connectivity index (χ2v) is 8.90. The van der Waals surface area contributed by atoms with E-state index in [0.717, 1.165) is 23.5 Å². The van der Waals surface area contributed by atoms with E-state index >= 15 is 0 Å². The van der Waals surface area contributed by atoms with Crippen molar-refractivity contribution < 1.29 is 14.3 Å². The molecular weight excluding hydrogens is 378 g/mol. The molecule has 7 nitrogen and oxygen atoms in total. The fraction of sp³-hybridized carbons (Fsp3) is 0.500. The van der Waals surface area contributed by atoms with Crippen LogP contribution in [0.15, 0.2) is 22.3 Å². The van der Waals surface area contributed by atoms with Crippen LogP contribution >= 0.6 is 11.3 Å². The minimum Gasteiger partial charge on any atom is -0.456 e. The average molecular weight is 404 g/mol. The third-order valence-corrected chi connectivity index (χ3v) is 5.62. The van der Waals surface area contributed by atoms with Gasteiger partial charge in [-0.15, -0.1) is 11.3 Å².